The van der Waals surface area contributed by atoms with Crippen LogP contribution in [0.5, 0.6) is 0 Å². The second kappa shape index (κ2) is 7.62. The molecule has 9 heteroatoms. The Morgan fingerprint density at radius 2 is 1.91 bits per heavy atom. The van der Waals surface area contributed by atoms with E-state index in [0.717, 1.165) is 6.42 Å². The van der Waals surface area contributed by atoms with Crippen LogP contribution >= 0.6 is 0 Å². The van der Waals surface area contributed by atoms with Gasteiger partial charge in [0.15, 0.2) is 0 Å². The van der Waals surface area contributed by atoms with Gasteiger partial charge in [-0.2, -0.15) is 0 Å². The molecule has 0 radical (unpaired) electrons. The molecule has 6 rings (SSSR count). The molecule has 1 spiro atoms. The van der Waals surface area contributed by atoms with Gasteiger partial charge < -0.3 is 34.3 Å². The number of carbonyl (C=O) groups is 1. The highest BCUT2D eigenvalue weighted by atomic mass is 16.6. The molecule has 6 fully saturated rings. The molecular weight excluding hydrogens is 454 g/mol. The number of esters is 1. The van der Waals surface area contributed by atoms with Gasteiger partial charge in [0.2, 0.25) is 0 Å². The minimum absolute atomic E-state index is 0.0616. The van der Waals surface area contributed by atoms with Crippen LogP contribution in [-0.2, 0) is 23.7 Å². The Bertz CT molecular complexity index is 903. The highest BCUT2D eigenvalue weighted by molar-refractivity contribution is 5.67. The van der Waals surface area contributed by atoms with Crippen LogP contribution in [0.2, 0.25) is 0 Å². The second-order valence-corrected chi connectivity index (χ2v) is 12.3. The van der Waals surface area contributed by atoms with Crippen molar-refractivity contribution < 1.29 is 39.1 Å². The van der Waals surface area contributed by atoms with Gasteiger partial charge in [0.05, 0.1) is 31.0 Å². The maximum atomic E-state index is 13.0. The van der Waals surface area contributed by atoms with Gasteiger partial charge in [-0.05, 0) is 31.7 Å². The number of ether oxygens (including phenoxy) is 4. The monoisotopic (exact) mass is 495 g/mol. The zero-order valence-corrected chi connectivity index (χ0v) is 21.5. The molecule has 0 aromatic rings. The lowest BCUT2D eigenvalue weighted by atomic mass is 9.42. The van der Waals surface area contributed by atoms with Crippen LogP contribution in [0.1, 0.15) is 39.5 Å². The minimum atomic E-state index is -1.79. The van der Waals surface area contributed by atoms with Gasteiger partial charge in [-0.15, -0.1) is 0 Å². The first-order chi connectivity index (χ1) is 16.6. The molecule has 9 nitrogen and oxygen atoms in total. The van der Waals surface area contributed by atoms with Gasteiger partial charge in [-0.1, -0.05) is 6.92 Å². The van der Waals surface area contributed by atoms with Crippen molar-refractivity contribution in [1.29, 1.82) is 0 Å². The van der Waals surface area contributed by atoms with Crippen LogP contribution < -0.4 is 0 Å². The molecule has 13 atom stereocenters. The molecule has 1 heterocycles. The van der Waals surface area contributed by atoms with Crippen molar-refractivity contribution in [3.8, 4) is 0 Å². The third-order valence-electron chi connectivity index (χ3n) is 11.5. The lowest BCUT2D eigenvalue weighted by Gasteiger charge is -2.69. The number of aliphatic hydroxyl groups excluding tert-OH is 1. The zero-order valence-electron chi connectivity index (χ0n) is 21.5. The summed E-state index contributed by atoms with van der Waals surface area (Å²) in [5, 5.41) is 37.8. The molecule has 5 saturated carbocycles. The summed E-state index contributed by atoms with van der Waals surface area (Å²) in [5.74, 6) is -1.27. The van der Waals surface area contributed by atoms with Gasteiger partial charge in [0.1, 0.15) is 17.3 Å². The van der Waals surface area contributed by atoms with Crippen LogP contribution in [0.3, 0.4) is 0 Å². The molecule has 35 heavy (non-hydrogen) atoms. The molecule has 0 aromatic heterocycles. The molecule has 0 unspecified atom stereocenters. The standard InChI is InChI=1S/C26H41NO8/c1-6-27-11-23(12-32-3)8-7-17(29)25-15-9-14-16(33-4)10-24(30,18(15)19(14)34-5)26(31,22(25)27)21(20(23)25)35-13(2)28/h14-22,29-31H,6-12H2,1-5H3/t14-,15-,16+,17+,18-,19+,20-,21+,22+,23+,24-,25+,26+/m1/s1. The zero-order chi connectivity index (χ0) is 25.1. The fourth-order valence-corrected chi connectivity index (χ4v) is 11.0. The number of carbonyl (C=O) groups excluding carboxylic acids is 1. The summed E-state index contributed by atoms with van der Waals surface area (Å²) in [7, 11) is 4.98. The van der Waals surface area contributed by atoms with Crippen molar-refractivity contribution in [1.82, 2.24) is 4.90 Å². The smallest absolute Gasteiger partial charge is 0.303 e. The van der Waals surface area contributed by atoms with E-state index in [4.69, 9.17) is 18.9 Å². The molecule has 6 aliphatic rings. The van der Waals surface area contributed by atoms with Gasteiger partial charge in [-0.25, -0.2) is 0 Å². The Kier molecular flexibility index (Phi) is 5.34. The minimum Gasteiger partial charge on any atom is -0.459 e. The van der Waals surface area contributed by atoms with Crippen molar-refractivity contribution in [2.24, 2.45) is 34.5 Å². The Morgan fingerprint density at radius 3 is 2.51 bits per heavy atom. The summed E-state index contributed by atoms with van der Waals surface area (Å²) in [5.41, 5.74) is -4.56. The van der Waals surface area contributed by atoms with E-state index in [-0.39, 0.29) is 36.4 Å². The number of hydrogen-bond donors (Lipinski definition) is 3. The summed E-state index contributed by atoms with van der Waals surface area (Å²) in [4.78, 5) is 14.8. The van der Waals surface area contributed by atoms with Crippen LogP contribution in [0.25, 0.3) is 0 Å². The Labute approximate surface area is 207 Å². The van der Waals surface area contributed by atoms with Crippen molar-refractivity contribution >= 4 is 5.97 Å². The Morgan fingerprint density at radius 1 is 1.17 bits per heavy atom. The van der Waals surface area contributed by atoms with E-state index in [1.165, 1.54) is 6.92 Å². The molecule has 1 aliphatic heterocycles. The quantitative estimate of drug-likeness (QED) is 0.444. The number of likely N-dealkylation sites (tertiary alicyclic amines) is 1. The number of piperidine rings is 1. The van der Waals surface area contributed by atoms with E-state index in [1.807, 2.05) is 0 Å². The SMILES string of the molecule is CCN1C[C@]2(COC)CC[C@H](O)[C@@]34[C@@H]5C[C@H]6[C@H](OC)[C@@H]5[C@](O)(C[C@@H]6OC)[C@](O)([C@@H](OC(C)=O)[C@H]23)[C@@H]14. The molecule has 5 aliphatic carbocycles. The predicted molar refractivity (Wildman–Crippen MR) is 123 cm³/mol. The first-order valence-electron chi connectivity index (χ1n) is 13.2. The molecule has 3 N–H and O–H groups in total. The van der Waals surface area contributed by atoms with Crippen LogP contribution in [-0.4, -0.2) is 109 Å². The molecule has 1 saturated heterocycles. The first kappa shape index (κ1) is 24.5. The summed E-state index contributed by atoms with van der Waals surface area (Å²) in [6.07, 6.45) is -0.00237. The number of fused-ring (bicyclic) bond motifs is 2. The van der Waals surface area contributed by atoms with Gasteiger partial charge in [0.25, 0.3) is 0 Å². The second-order valence-electron chi connectivity index (χ2n) is 12.3. The average molecular weight is 496 g/mol. The van der Waals surface area contributed by atoms with Crippen LogP contribution in [0.4, 0.5) is 0 Å². The van der Waals surface area contributed by atoms with Crippen molar-refractivity contribution in [3.05, 3.63) is 0 Å². The van der Waals surface area contributed by atoms with Gasteiger partial charge >= 0.3 is 5.97 Å². The normalized spacial score (nSPS) is 57.9. The third kappa shape index (κ3) is 2.48. The van der Waals surface area contributed by atoms with E-state index in [9.17, 15) is 20.1 Å². The lowest BCUT2D eigenvalue weighted by molar-refractivity contribution is -0.318. The number of likely N-dealkylation sites (N-methyl/N-ethyl adjacent to an activating group) is 1. The number of rotatable bonds is 6. The average Bonchev–Trinajstić information content (AvgIpc) is 3.24. The summed E-state index contributed by atoms with van der Waals surface area (Å²) in [6.45, 7) is 5.17. The predicted octanol–water partition coefficient (Wildman–Crippen LogP) is 0.188. The van der Waals surface area contributed by atoms with Crippen molar-refractivity contribution in [2.45, 2.75) is 81.2 Å². The van der Waals surface area contributed by atoms with Gasteiger partial charge in [-0.3, -0.25) is 9.69 Å². The summed E-state index contributed by atoms with van der Waals surface area (Å²) < 4.78 is 23.8. The lowest BCUT2D eigenvalue weighted by Crippen LogP contribution is -2.82. The largest absolute Gasteiger partial charge is 0.459 e. The number of methoxy groups -OCH3 is 3. The van der Waals surface area contributed by atoms with E-state index >= 15 is 0 Å². The highest BCUT2D eigenvalue weighted by Gasteiger charge is 2.92. The number of aliphatic hydroxyl groups is 3. The maximum absolute atomic E-state index is 13.0. The maximum Gasteiger partial charge on any atom is 0.303 e. The highest BCUT2D eigenvalue weighted by Crippen LogP contribution is 2.80. The first-order valence-corrected chi connectivity index (χ1v) is 13.2. The third-order valence-corrected chi connectivity index (χ3v) is 11.5. The molecule has 0 aromatic carbocycles. The van der Waals surface area contributed by atoms with Gasteiger partial charge in [0, 0.05) is 69.8 Å². The molecule has 7 bridgehead atoms. The summed E-state index contributed by atoms with van der Waals surface area (Å²) >= 11 is 0. The Balaban J connectivity index is 1.68. The number of nitrogens with zero attached hydrogens (tertiary/aromatic N) is 1. The molecule has 198 valence electrons. The topological polar surface area (TPSA) is 118 Å². The fourth-order valence-electron chi connectivity index (χ4n) is 11.0. The fraction of sp³-hybridized carbons (Fsp3) is 0.962. The number of hydrogen-bond acceptors (Lipinski definition) is 9. The van der Waals surface area contributed by atoms with Crippen molar-refractivity contribution in [2.75, 3.05) is 41.0 Å². The van der Waals surface area contributed by atoms with Crippen LogP contribution in [0.15, 0.2) is 0 Å². The van der Waals surface area contributed by atoms with E-state index in [0.29, 0.717) is 32.5 Å². The molecular formula is C26H41NO8. The van der Waals surface area contributed by atoms with Crippen molar-refractivity contribution in [3.63, 3.8) is 0 Å². The van der Waals surface area contributed by atoms with E-state index in [1.54, 1.807) is 21.3 Å². The Hall–Kier alpha value is -0.810. The van der Waals surface area contributed by atoms with E-state index in [2.05, 4.69) is 11.8 Å². The van der Waals surface area contributed by atoms with E-state index < -0.39 is 52.2 Å². The summed E-state index contributed by atoms with van der Waals surface area (Å²) in [6, 6.07) is -0.548. The van der Waals surface area contributed by atoms with Crippen LogP contribution in [0, 0.1) is 34.5 Å². The molecule has 0 amide bonds.